The molecule has 4 heterocycles. The molecule has 1 atom stereocenters. The summed E-state index contributed by atoms with van der Waals surface area (Å²) in [6.07, 6.45) is 2.49. The Kier molecular flexibility index (Phi) is 5.94. The van der Waals surface area contributed by atoms with Crippen LogP contribution in [0.5, 0.6) is 5.75 Å². The molecule has 5 aromatic rings. The molecular weight excluding hydrogens is 519 g/mol. The van der Waals surface area contributed by atoms with E-state index in [1.807, 2.05) is 18.2 Å². The number of carbonyl (C=O) groups is 1. The Bertz CT molecular complexity index is 1890. The van der Waals surface area contributed by atoms with E-state index in [1.54, 1.807) is 19.1 Å². The molecule has 1 aliphatic rings. The van der Waals surface area contributed by atoms with E-state index in [-0.39, 0.29) is 35.9 Å². The van der Waals surface area contributed by atoms with E-state index in [2.05, 4.69) is 9.97 Å². The van der Waals surface area contributed by atoms with Crippen molar-refractivity contribution in [3.8, 4) is 17.0 Å². The number of benzene rings is 2. The average molecular weight is 543 g/mol. The summed E-state index contributed by atoms with van der Waals surface area (Å²) < 4.78 is 21.7. The van der Waals surface area contributed by atoms with Gasteiger partial charge in [0.1, 0.15) is 41.2 Å². The molecular formula is C28H23FN6O5. The van der Waals surface area contributed by atoms with Crippen molar-refractivity contribution in [3.05, 3.63) is 82.4 Å². The normalized spacial score (nSPS) is 14.4. The maximum absolute atomic E-state index is 14.2. The third-order valence-electron chi connectivity index (χ3n) is 7.09. The van der Waals surface area contributed by atoms with Gasteiger partial charge in [0.15, 0.2) is 5.65 Å². The third-order valence-corrected chi connectivity index (χ3v) is 7.09. The number of hydrogen-bond donors (Lipinski definition) is 3. The monoisotopic (exact) mass is 542 g/mol. The van der Waals surface area contributed by atoms with Gasteiger partial charge in [0.05, 0.1) is 10.8 Å². The number of phenols is 1. The summed E-state index contributed by atoms with van der Waals surface area (Å²) in [5, 5.41) is 25.5. The van der Waals surface area contributed by atoms with Crippen LogP contribution in [0.3, 0.4) is 0 Å². The highest BCUT2D eigenvalue weighted by Crippen LogP contribution is 2.38. The Balaban J connectivity index is 1.59. The predicted molar refractivity (Wildman–Crippen MR) is 145 cm³/mol. The molecule has 0 fully saturated rings. The SMILES string of the molecule is CC(c1oc(=O)c2ccccc2c1C1=CCN(C(=O)O)CC1)n1nc(-c2cc(O)cc(F)c2)c2c(N)ncnc21. The minimum Gasteiger partial charge on any atom is -0.508 e. The zero-order valence-electron chi connectivity index (χ0n) is 21.2. The molecule has 0 spiro atoms. The number of phenolic OH excluding ortho intramolecular Hbond substituents is 1. The van der Waals surface area contributed by atoms with Crippen LogP contribution in [-0.4, -0.2) is 54.0 Å². The highest BCUT2D eigenvalue weighted by atomic mass is 19.1. The summed E-state index contributed by atoms with van der Waals surface area (Å²) >= 11 is 0. The number of rotatable bonds is 4. The van der Waals surface area contributed by atoms with E-state index in [4.69, 9.17) is 15.2 Å². The Morgan fingerprint density at radius 1 is 1.18 bits per heavy atom. The van der Waals surface area contributed by atoms with Gasteiger partial charge in [-0.05, 0) is 42.5 Å². The highest BCUT2D eigenvalue weighted by molar-refractivity contribution is 5.99. The van der Waals surface area contributed by atoms with Gasteiger partial charge in [-0.3, -0.25) is 0 Å². The average Bonchev–Trinajstić information content (AvgIpc) is 3.33. The van der Waals surface area contributed by atoms with Crippen LogP contribution >= 0.6 is 0 Å². The Hall–Kier alpha value is -5.26. The van der Waals surface area contributed by atoms with Crippen LogP contribution in [0.4, 0.5) is 15.0 Å². The van der Waals surface area contributed by atoms with Crippen molar-refractivity contribution in [2.75, 3.05) is 18.8 Å². The molecule has 0 aliphatic carbocycles. The summed E-state index contributed by atoms with van der Waals surface area (Å²) in [5.41, 5.74) is 8.00. The lowest BCUT2D eigenvalue weighted by Gasteiger charge is -2.26. The van der Waals surface area contributed by atoms with Gasteiger partial charge < -0.3 is 25.3 Å². The van der Waals surface area contributed by atoms with Gasteiger partial charge in [0.2, 0.25) is 0 Å². The predicted octanol–water partition coefficient (Wildman–Crippen LogP) is 4.40. The number of hydrogen-bond acceptors (Lipinski definition) is 8. The Labute approximate surface area is 225 Å². The van der Waals surface area contributed by atoms with Crippen LogP contribution in [-0.2, 0) is 0 Å². The molecule has 1 aliphatic heterocycles. The van der Waals surface area contributed by atoms with E-state index < -0.39 is 23.6 Å². The van der Waals surface area contributed by atoms with E-state index in [0.29, 0.717) is 39.6 Å². The number of anilines is 1. The molecule has 3 aromatic heterocycles. The number of nitrogens with two attached hydrogens (primary N) is 1. The second kappa shape index (κ2) is 9.49. The second-order valence-corrected chi connectivity index (χ2v) is 9.51. The minimum absolute atomic E-state index is 0.103. The molecule has 1 unspecified atom stereocenters. The molecule has 0 radical (unpaired) electrons. The lowest BCUT2D eigenvalue weighted by molar-refractivity contribution is 0.150. The molecule has 0 bridgehead atoms. The quantitative estimate of drug-likeness (QED) is 0.299. The third kappa shape index (κ3) is 4.10. The molecule has 0 saturated carbocycles. The van der Waals surface area contributed by atoms with Gasteiger partial charge in [-0.15, -0.1) is 0 Å². The molecule has 6 rings (SSSR count). The number of nitrogen functional groups attached to an aromatic ring is 1. The number of aromatic nitrogens is 4. The lowest BCUT2D eigenvalue weighted by Crippen LogP contribution is -2.33. The molecule has 202 valence electrons. The van der Waals surface area contributed by atoms with Crippen molar-refractivity contribution in [1.82, 2.24) is 24.6 Å². The van der Waals surface area contributed by atoms with Crippen molar-refractivity contribution < 1.29 is 23.8 Å². The number of carboxylic acid groups (broad SMARTS) is 1. The van der Waals surface area contributed by atoms with Crippen LogP contribution < -0.4 is 11.4 Å². The van der Waals surface area contributed by atoms with E-state index in [9.17, 15) is 24.2 Å². The van der Waals surface area contributed by atoms with Gasteiger partial charge in [-0.25, -0.2) is 28.6 Å². The first-order chi connectivity index (χ1) is 19.2. The van der Waals surface area contributed by atoms with Crippen molar-refractivity contribution in [2.45, 2.75) is 19.4 Å². The van der Waals surface area contributed by atoms with Crippen LogP contribution in [0, 0.1) is 5.82 Å². The first-order valence-electron chi connectivity index (χ1n) is 12.4. The lowest BCUT2D eigenvalue weighted by atomic mass is 9.92. The molecule has 12 heteroatoms. The standard InChI is InChI=1S/C28H23FN6O5/c1-14(35-26-22(25(30)31-13-32-26)23(33-35)16-10-17(29)12-18(36)11-16)24-21(15-6-8-34(9-7-15)28(38)39)19-4-2-3-5-20(19)27(37)40-24/h2-6,10-14,36H,7-9H2,1H3,(H,38,39)(H2,30,31,32). The van der Waals surface area contributed by atoms with Crippen LogP contribution in [0.1, 0.15) is 30.7 Å². The van der Waals surface area contributed by atoms with Gasteiger partial charge in [-0.1, -0.05) is 24.3 Å². The van der Waals surface area contributed by atoms with Crippen molar-refractivity contribution in [2.24, 2.45) is 0 Å². The van der Waals surface area contributed by atoms with Crippen molar-refractivity contribution in [3.63, 3.8) is 0 Å². The van der Waals surface area contributed by atoms with Gasteiger partial charge in [0, 0.05) is 30.3 Å². The van der Waals surface area contributed by atoms with Crippen molar-refractivity contribution in [1.29, 1.82) is 0 Å². The maximum atomic E-state index is 14.2. The Morgan fingerprint density at radius 2 is 1.95 bits per heavy atom. The van der Waals surface area contributed by atoms with Crippen LogP contribution in [0.15, 0.2) is 64.1 Å². The summed E-state index contributed by atoms with van der Waals surface area (Å²) in [6, 6.07) is 9.90. The first kappa shape index (κ1) is 25.0. The second-order valence-electron chi connectivity index (χ2n) is 9.51. The van der Waals surface area contributed by atoms with Crippen LogP contribution in [0.25, 0.3) is 38.6 Å². The van der Waals surface area contributed by atoms with Crippen molar-refractivity contribution >= 4 is 39.3 Å². The fourth-order valence-corrected chi connectivity index (χ4v) is 5.20. The fraction of sp³-hybridized carbons (Fsp3) is 0.179. The van der Waals surface area contributed by atoms with E-state index >= 15 is 0 Å². The molecule has 1 amide bonds. The smallest absolute Gasteiger partial charge is 0.407 e. The van der Waals surface area contributed by atoms with Gasteiger partial charge in [0.25, 0.3) is 0 Å². The zero-order valence-corrected chi connectivity index (χ0v) is 21.2. The maximum Gasteiger partial charge on any atom is 0.407 e. The van der Waals surface area contributed by atoms with E-state index in [0.717, 1.165) is 11.6 Å². The topological polar surface area (TPSA) is 161 Å². The van der Waals surface area contributed by atoms with Crippen LogP contribution in [0.2, 0.25) is 0 Å². The molecule has 2 aromatic carbocycles. The first-order valence-corrected chi connectivity index (χ1v) is 12.4. The number of amides is 1. The summed E-state index contributed by atoms with van der Waals surface area (Å²) in [7, 11) is 0. The molecule has 0 saturated heterocycles. The number of fused-ring (bicyclic) bond motifs is 2. The number of aromatic hydroxyl groups is 1. The van der Waals surface area contributed by atoms with Gasteiger partial charge >= 0.3 is 11.7 Å². The zero-order chi connectivity index (χ0) is 28.1. The Morgan fingerprint density at radius 3 is 2.65 bits per heavy atom. The van der Waals surface area contributed by atoms with Gasteiger partial charge in [-0.2, -0.15) is 5.10 Å². The summed E-state index contributed by atoms with van der Waals surface area (Å²) in [5.74, 6) is -0.549. The molecule has 4 N–H and O–H groups in total. The number of halogens is 1. The minimum atomic E-state index is -1.01. The largest absolute Gasteiger partial charge is 0.508 e. The highest BCUT2D eigenvalue weighted by Gasteiger charge is 2.29. The molecule has 11 nitrogen and oxygen atoms in total. The summed E-state index contributed by atoms with van der Waals surface area (Å²) in [6.45, 7) is 2.25. The fourth-order valence-electron chi connectivity index (χ4n) is 5.20. The van der Waals surface area contributed by atoms with E-state index in [1.165, 1.54) is 28.0 Å². The molecule has 40 heavy (non-hydrogen) atoms. The summed E-state index contributed by atoms with van der Waals surface area (Å²) in [4.78, 5) is 34.4. The number of nitrogens with zero attached hydrogens (tertiary/aromatic N) is 5.